The maximum atomic E-state index is 8.29. The van der Waals surface area contributed by atoms with Gasteiger partial charge in [0, 0.05) is 25.8 Å². The van der Waals surface area contributed by atoms with Crippen molar-refractivity contribution in [1.29, 1.82) is 5.41 Å². The first-order valence-corrected chi connectivity index (χ1v) is 9.81. The molecule has 0 spiro atoms. The van der Waals surface area contributed by atoms with Gasteiger partial charge in [0.25, 0.3) is 0 Å². The zero-order chi connectivity index (χ0) is 19.0. The van der Waals surface area contributed by atoms with Crippen molar-refractivity contribution in [1.82, 2.24) is 14.7 Å². The van der Waals surface area contributed by atoms with Crippen LogP contribution in [0.15, 0.2) is 53.2 Å². The second kappa shape index (κ2) is 7.31. The van der Waals surface area contributed by atoms with Crippen molar-refractivity contribution < 1.29 is 0 Å². The monoisotopic (exact) mass is 363 g/mol. The van der Waals surface area contributed by atoms with E-state index in [4.69, 9.17) is 5.41 Å². The summed E-state index contributed by atoms with van der Waals surface area (Å²) in [6, 6.07) is 9.47. The molecule has 27 heavy (non-hydrogen) atoms. The van der Waals surface area contributed by atoms with E-state index in [9.17, 15) is 0 Å². The first kappa shape index (κ1) is 18.0. The molecule has 0 amide bonds. The summed E-state index contributed by atoms with van der Waals surface area (Å²) in [6.07, 6.45) is 7.68. The smallest absolute Gasteiger partial charge is 0.126 e. The first-order chi connectivity index (χ1) is 13.1. The number of fused-ring (bicyclic) bond motifs is 1. The van der Waals surface area contributed by atoms with Gasteiger partial charge in [0.15, 0.2) is 0 Å². The van der Waals surface area contributed by atoms with E-state index < -0.39 is 0 Å². The lowest BCUT2D eigenvalue weighted by Crippen LogP contribution is -2.51. The second-order valence-corrected chi connectivity index (χ2v) is 7.75. The molecule has 3 heterocycles. The zero-order valence-electron chi connectivity index (χ0n) is 16.5. The second-order valence-electron chi connectivity index (χ2n) is 7.75. The highest BCUT2D eigenvalue weighted by Gasteiger charge is 2.39. The summed E-state index contributed by atoms with van der Waals surface area (Å²) in [5.74, 6) is 1.40. The summed E-state index contributed by atoms with van der Waals surface area (Å²) >= 11 is 0. The highest BCUT2D eigenvalue weighted by Crippen LogP contribution is 2.31. The Hall–Kier alpha value is -2.40. The fourth-order valence-electron chi connectivity index (χ4n) is 4.21. The fraction of sp³-hybridized carbons (Fsp3) is 0.455. The molecule has 5 nitrogen and oxygen atoms in total. The van der Waals surface area contributed by atoms with Gasteiger partial charge in [0.1, 0.15) is 11.7 Å². The number of rotatable bonds is 4. The van der Waals surface area contributed by atoms with E-state index in [0.29, 0.717) is 5.84 Å². The van der Waals surface area contributed by atoms with Crippen molar-refractivity contribution in [2.75, 3.05) is 20.1 Å². The number of amidine groups is 2. The topological polar surface area (TPSA) is 45.9 Å². The molecule has 0 radical (unpaired) electrons. The molecule has 5 heteroatoms. The summed E-state index contributed by atoms with van der Waals surface area (Å²) in [5.41, 5.74) is 4.00. The van der Waals surface area contributed by atoms with Gasteiger partial charge in [-0.2, -0.15) is 0 Å². The molecule has 0 bridgehead atoms. The number of likely N-dealkylation sites (tertiary alicyclic amines) is 1. The van der Waals surface area contributed by atoms with Crippen molar-refractivity contribution in [2.45, 2.75) is 45.4 Å². The average Bonchev–Trinajstić information content (AvgIpc) is 2.94. The predicted octanol–water partition coefficient (Wildman–Crippen LogP) is 3.25. The van der Waals surface area contributed by atoms with Gasteiger partial charge < -0.3 is 9.80 Å². The number of nitrogens with one attached hydrogen (secondary N) is 1. The van der Waals surface area contributed by atoms with Gasteiger partial charge in [0.2, 0.25) is 0 Å². The molecule has 2 unspecified atom stereocenters. The Balaban J connectivity index is 1.49. The van der Waals surface area contributed by atoms with Gasteiger partial charge >= 0.3 is 0 Å². The molecule has 1 N–H and O–H groups in total. The van der Waals surface area contributed by atoms with E-state index in [1.54, 1.807) is 7.05 Å². The van der Waals surface area contributed by atoms with Crippen molar-refractivity contribution >= 4 is 11.7 Å². The van der Waals surface area contributed by atoms with Gasteiger partial charge in [-0.3, -0.25) is 15.3 Å². The Morgan fingerprint density at radius 1 is 1.11 bits per heavy atom. The Labute approximate surface area is 162 Å². The Bertz CT molecular complexity index is 800. The van der Waals surface area contributed by atoms with Crippen molar-refractivity contribution in [3.8, 4) is 0 Å². The lowest BCUT2D eigenvalue weighted by molar-refractivity contribution is 0.172. The standard InChI is InChI=1S/C22H29N5/c1-16-13-21-20(9-10-22(23)27(21)17(2)24-3)26(16)15-19-7-5-18(6-8-19)14-25-11-4-12-25/h5-10,13,20-21,23H,4,11-12,14-15H2,1-3H3. The highest BCUT2D eigenvalue weighted by atomic mass is 15.3. The normalized spacial score (nSPS) is 25.5. The van der Waals surface area contributed by atoms with Crippen molar-refractivity contribution in [2.24, 2.45) is 4.99 Å². The van der Waals surface area contributed by atoms with Gasteiger partial charge in [-0.1, -0.05) is 30.3 Å². The molecule has 1 fully saturated rings. The average molecular weight is 364 g/mol. The van der Waals surface area contributed by atoms with Gasteiger partial charge in [-0.25, -0.2) is 0 Å². The zero-order valence-corrected chi connectivity index (χ0v) is 16.5. The number of hydrogen-bond acceptors (Lipinski definition) is 4. The largest absolute Gasteiger partial charge is 0.362 e. The van der Waals surface area contributed by atoms with Gasteiger partial charge in [-0.05, 0) is 56.6 Å². The van der Waals surface area contributed by atoms with Crippen LogP contribution in [0.3, 0.4) is 0 Å². The highest BCUT2D eigenvalue weighted by molar-refractivity contribution is 6.05. The minimum atomic E-state index is 0.150. The third-order valence-electron chi connectivity index (χ3n) is 5.99. The number of aliphatic imine (C=N–C) groups is 1. The minimum Gasteiger partial charge on any atom is -0.362 e. The number of benzene rings is 1. The molecule has 0 aliphatic carbocycles. The predicted molar refractivity (Wildman–Crippen MR) is 111 cm³/mol. The Morgan fingerprint density at radius 3 is 2.37 bits per heavy atom. The van der Waals surface area contributed by atoms with Crippen LogP contribution in [0, 0.1) is 5.41 Å². The molecule has 1 saturated heterocycles. The van der Waals surface area contributed by atoms with Crippen LogP contribution in [-0.2, 0) is 13.1 Å². The lowest BCUT2D eigenvalue weighted by Gasteiger charge is -2.38. The summed E-state index contributed by atoms with van der Waals surface area (Å²) in [7, 11) is 1.79. The maximum absolute atomic E-state index is 8.29. The van der Waals surface area contributed by atoms with Crippen LogP contribution in [0.4, 0.5) is 0 Å². The quantitative estimate of drug-likeness (QED) is 0.660. The molecule has 4 rings (SSSR count). The van der Waals surface area contributed by atoms with E-state index >= 15 is 0 Å². The summed E-state index contributed by atoms with van der Waals surface area (Å²) in [4.78, 5) is 11.3. The first-order valence-electron chi connectivity index (χ1n) is 9.81. The van der Waals surface area contributed by atoms with Crippen LogP contribution in [0.25, 0.3) is 0 Å². The molecule has 3 aliphatic rings. The third-order valence-corrected chi connectivity index (χ3v) is 5.99. The van der Waals surface area contributed by atoms with Crippen LogP contribution in [0.2, 0.25) is 0 Å². The van der Waals surface area contributed by atoms with Gasteiger partial charge in [0.05, 0.1) is 12.1 Å². The fourth-order valence-corrected chi connectivity index (χ4v) is 4.21. The van der Waals surface area contributed by atoms with Crippen LogP contribution in [0.1, 0.15) is 31.4 Å². The van der Waals surface area contributed by atoms with Crippen molar-refractivity contribution in [3.63, 3.8) is 0 Å². The molecule has 1 aromatic rings. The number of nitrogens with zero attached hydrogens (tertiary/aromatic N) is 4. The summed E-state index contributed by atoms with van der Waals surface area (Å²) < 4.78 is 0. The number of hydrogen-bond donors (Lipinski definition) is 1. The lowest BCUT2D eigenvalue weighted by atomic mass is 10.0. The molecule has 1 aromatic carbocycles. The SMILES string of the molecule is CN=C(C)N1C(=N)C=CC2C1C=C(C)N2Cc1ccc(CN2CCC2)cc1. The molecule has 142 valence electrons. The van der Waals surface area contributed by atoms with Crippen molar-refractivity contribution in [3.05, 3.63) is 59.3 Å². The van der Waals surface area contributed by atoms with Crippen LogP contribution >= 0.6 is 0 Å². The Kier molecular flexibility index (Phi) is 4.87. The van der Waals surface area contributed by atoms with Crippen LogP contribution < -0.4 is 0 Å². The maximum Gasteiger partial charge on any atom is 0.126 e. The molecule has 0 saturated carbocycles. The molecular formula is C22H29N5. The van der Waals surface area contributed by atoms with Crippen LogP contribution in [-0.4, -0.2) is 58.6 Å². The van der Waals surface area contributed by atoms with E-state index in [1.807, 2.05) is 17.9 Å². The third kappa shape index (κ3) is 3.44. The molecule has 0 aromatic heterocycles. The molecular weight excluding hydrogens is 334 g/mol. The molecule has 2 atom stereocenters. The summed E-state index contributed by atoms with van der Waals surface area (Å²) in [6.45, 7) is 8.59. The van der Waals surface area contributed by atoms with E-state index in [1.165, 1.54) is 36.3 Å². The van der Waals surface area contributed by atoms with E-state index in [-0.39, 0.29) is 12.1 Å². The minimum absolute atomic E-state index is 0.150. The van der Waals surface area contributed by atoms with E-state index in [2.05, 4.69) is 58.1 Å². The Morgan fingerprint density at radius 2 is 1.78 bits per heavy atom. The van der Waals surface area contributed by atoms with E-state index in [0.717, 1.165) is 18.9 Å². The van der Waals surface area contributed by atoms with Gasteiger partial charge in [-0.15, -0.1) is 0 Å². The molecule has 3 aliphatic heterocycles. The van der Waals surface area contributed by atoms with Crippen LogP contribution in [0.5, 0.6) is 0 Å². The summed E-state index contributed by atoms with van der Waals surface area (Å²) in [5, 5.41) is 8.29. The number of allylic oxidation sites excluding steroid dienone is 1.